The van der Waals surface area contributed by atoms with Gasteiger partial charge in [-0.25, -0.2) is 4.79 Å². The first kappa shape index (κ1) is 22.1. The van der Waals surface area contributed by atoms with Crippen molar-refractivity contribution in [2.45, 2.75) is 32.1 Å². The maximum absolute atomic E-state index is 12.4. The van der Waals surface area contributed by atoms with E-state index in [0.29, 0.717) is 21.7 Å². The Morgan fingerprint density at radius 1 is 1.12 bits per heavy atom. The lowest BCUT2D eigenvalue weighted by molar-refractivity contribution is -0.119. The molecule has 10 heteroatoms. The van der Waals surface area contributed by atoms with E-state index < -0.39 is 23.7 Å². The number of amides is 3. The predicted octanol–water partition coefficient (Wildman–Crippen LogP) is 2.91. The van der Waals surface area contributed by atoms with Crippen LogP contribution < -0.4 is 10.6 Å². The minimum absolute atomic E-state index is 0.0427. The number of imide groups is 1. The van der Waals surface area contributed by atoms with E-state index in [9.17, 15) is 19.2 Å². The summed E-state index contributed by atoms with van der Waals surface area (Å²) in [6, 6.07) is 6.56. The normalized spacial score (nSPS) is 14.6. The molecule has 2 heterocycles. The van der Waals surface area contributed by atoms with Crippen LogP contribution in [0.15, 0.2) is 24.3 Å². The molecule has 8 nitrogen and oxygen atoms in total. The number of anilines is 1. The van der Waals surface area contributed by atoms with Gasteiger partial charge < -0.3 is 15.4 Å². The lowest BCUT2D eigenvalue weighted by Crippen LogP contribution is -2.38. The van der Waals surface area contributed by atoms with E-state index in [1.54, 1.807) is 24.3 Å². The Kier molecular flexibility index (Phi) is 6.33. The number of carbonyl (C=O) groups is 4. The number of aryl methyl sites for hydroxylation is 1. The summed E-state index contributed by atoms with van der Waals surface area (Å²) >= 11 is 6.69. The smallest absolute Gasteiger partial charge is 0.341 e. The Hall–Kier alpha value is -3.11. The first-order chi connectivity index (χ1) is 15.4. The zero-order valence-electron chi connectivity index (χ0n) is 17.4. The monoisotopic (exact) mass is 471 g/mol. The number of rotatable bonds is 5. The summed E-state index contributed by atoms with van der Waals surface area (Å²) in [4.78, 5) is 51.7. The zero-order chi connectivity index (χ0) is 22.8. The van der Waals surface area contributed by atoms with Gasteiger partial charge in [-0.3, -0.25) is 19.3 Å². The molecule has 0 fully saturated rings. The van der Waals surface area contributed by atoms with Crippen LogP contribution in [0, 0.1) is 0 Å². The van der Waals surface area contributed by atoms with E-state index >= 15 is 0 Å². The number of carbonyl (C=O) groups excluding carboxylic acids is 4. The van der Waals surface area contributed by atoms with Gasteiger partial charge >= 0.3 is 5.97 Å². The van der Waals surface area contributed by atoms with Gasteiger partial charge in [-0.2, -0.15) is 0 Å². The molecule has 4 rings (SSSR count). The summed E-state index contributed by atoms with van der Waals surface area (Å²) in [5.74, 6) is -1.70. The number of hydrogen-bond acceptors (Lipinski definition) is 7. The SMILES string of the molecule is COC(=O)c1c(NC(=S)NC(=O)CCN2C(=O)c3ccccc3C2=O)sc2c1CCCC2. The Labute approximate surface area is 193 Å². The van der Waals surface area contributed by atoms with Crippen molar-refractivity contribution in [2.75, 3.05) is 19.0 Å². The van der Waals surface area contributed by atoms with Crippen molar-refractivity contribution >= 4 is 57.4 Å². The summed E-state index contributed by atoms with van der Waals surface area (Å²) in [5, 5.41) is 6.09. The molecule has 0 atom stereocenters. The fourth-order valence-electron chi connectivity index (χ4n) is 3.95. The molecule has 1 aromatic heterocycles. The number of nitrogens with one attached hydrogen (secondary N) is 2. The van der Waals surface area contributed by atoms with Crippen LogP contribution in [0.3, 0.4) is 0 Å². The number of thiophene rings is 1. The average Bonchev–Trinajstić information content (AvgIpc) is 3.26. The Bertz CT molecular complexity index is 1110. The second-order valence-corrected chi connectivity index (χ2v) is 8.98. The quantitative estimate of drug-likeness (QED) is 0.392. The van der Waals surface area contributed by atoms with E-state index in [-0.39, 0.29) is 18.1 Å². The van der Waals surface area contributed by atoms with Gasteiger partial charge in [-0.1, -0.05) is 12.1 Å². The molecule has 1 aromatic carbocycles. The number of esters is 1. The fraction of sp³-hybridized carbons (Fsp3) is 0.318. The third kappa shape index (κ3) is 4.15. The summed E-state index contributed by atoms with van der Waals surface area (Å²) < 4.78 is 4.93. The van der Waals surface area contributed by atoms with Crippen molar-refractivity contribution in [3.63, 3.8) is 0 Å². The lowest BCUT2D eigenvalue weighted by Gasteiger charge is -2.14. The van der Waals surface area contributed by atoms with Gasteiger partial charge in [0.05, 0.1) is 23.8 Å². The highest BCUT2D eigenvalue weighted by Gasteiger charge is 2.35. The van der Waals surface area contributed by atoms with E-state index in [2.05, 4.69) is 10.6 Å². The summed E-state index contributed by atoms with van der Waals surface area (Å²) in [7, 11) is 1.33. The standard InChI is InChI=1S/C22H21N3O5S2/c1-30-21(29)17-14-8-4-5-9-15(14)32-18(17)24-22(31)23-16(26)10-11-25-19(27)12-6-2-3-7-13(12)20(25)28/h2-3,6-7H,4-5,8-11H2,1H3,(H2,23,24,26,31). The molecule has 0 spiro atoms. The van der Waals surface area contributed by atoms with Crippen LogP contribution in [0.25, 0.3) is 0 Å². The van der Waals surface area contributed by atoms with Gasteiger partial charge in [0.25, 0.3) is 11.8 Å². The van der Waals surface area contributed by atoms with Gasteiger partial charge in [0.2, 0.25) is 5.91 Å². The molecular weight excluding hydrogens is 450 g/mol. The van der Waals surface area contributed by atoms with Crippen LogP contribution in [0.4, 0.5) is 5.00 Å². The van der Waals surface area contributed by atoms with Gasteiger partial charge in [-0.15, -0.1) is 11.3 Å². The summed E-state index contributed by atoms with van der Waals surface area (Å²) in [6.07, 6.45) is 3.67. The maximum Gasteiger partial charge on any atom is 0.341 e. The number of benzene rings is 1. The van der Waals surface area contributed by atoms with E-state index in [0.717, 1.165) is 41.0 Å². The highest BCUT2D eigenvalue weighted by Crippen LogP contribution is 2.38. The average molecular weight is 472 g/mol. The highest BCUT2D eigenvalue weighted by molar-refractivity contribution is 7.80. The second-order valence-electron chi connectivity index (χ2n) is 7.47. The molecule has 3 amide bonds. The molecule has 0 radical (unpaired) electrons. The molecule has 166 valence electrons. The molecule has 0 saturated carbocycles. The van der Waals surface area contributed by atoms with Crippen molar-refractivity contribution in [3.05, 3.63) is 51.4 Å². The van der Waals surface area contributed by atoms with Crippen molar-refractivity contribution < 1.29 is 23.9 Å². The Morgan fingerprint density at radius 2 is 1.78 bits per heavy atom. The molecular formula is C22H21N3O5S2. The summed E-state index contributed by atoms with van der Waals surface area (Å²) in [6.45, 7) is -0.0541. The fourth-order valence-corrected chi connectivity index (χ4v) is 5.51. The largest absolute Gasteiger partial charge is 0.465 e. The minimum atomic E-state index is -0.444. The van der Waals surface area contributed by atoms with Crippen LogP contribution in [-0.4, -0.2) is 47.4 Å². The number of hydrogen-bond donors (Lipinski definition) is 2. The minimum Gasteiger partial charge on any atom is -0.465 e. The molecule has 1 aliphatic heterocycles. The zero-order valence-corrected chi connectivity index (χ0v) is 19.0. The van der Waals surface area contributed by atoms with Crippen molar-refractivity contribution in [1.82, 2.24) is 10.2 Å². The number of thiocarbonyl (C=S) groups is 1. The van der Waals surface area contributed by atoms with Gasteiger partial charge in [-0.05, 0) is 55.6 Å². The third-order valence-electron chi connectivity index (χ3n) is 5.48. The Morgan fingerprint density at radius 3 is 2.44 bits per heavy atom. The van der Waals surface area contributed by atoms with Gasteiger partial charge in [0.1, 0.15) is 5.00 Å². The molecule has 0 bridgehead atoms. The third-order valence-corrected chi connectivity index (χ3v) is 6.89. The second kappa shape index (κ2) is 9.17. The molecule has 1 aliphatic carbocycles. The molecule has 2 aliphatic rings. The van der Waals surface area contributed by atoms with E-state index in [1.807, 2.05) is 0 Å². The first-order valence-electron chi connectivity index (χ1n) is 10.2. The number of methoxy groups -OCH3 is 1. The number of fused-ring (bicyclic) bond motifs is 2. The lowest BCUT2D eigenvalue weighted by atomic mass is 9.95. The van der Waals surface area contributed by atoms with Crippen LogP contribution in [0.2, 0.25) is 0 Å². The van der Waals surface area contributed by atoms with Gasteiger partial charge in [0.15, 0.2) is 5.11 Å². The van der Waals surface area contributed by atoms with Crippen LogP contribution in [0.1, 0.15) is 60.8 Å². The molecule has 2 N–H and O–H groups in total. The highest BCUT2D eigenvalue weighted by atomic mass is 32.1. The molecule has 0 saturated heterocycles. The predicted molar refractivity (Wildman–Crippen MR) is 123 cm³/mol. The van der Waals surface area contributed by atoms with Crippen LogP contribution in [0.5, 0.6) is 0 Å². The van der Waals surface area contributed by atoms with Crippen molar-refractivity contribution in [1.29, 1.82) is 0 Å². The van der Waals surface area contributed by atoms with Crippen LogP contribution >= 0.6 is 23.6 Å². The van der Waals surface area contributed by atoms with Gasteiger partial charge in [0, 0.05) is 17.8 Å². The van der Waals surface area contributed by atoms with E-state index in [1.165, 1.54) is 18.4 Å². The number of nitrogens with zero attached hydrogens (tertiary/aromatic N) is 1. The van der Waals surface area contributed by atoms with Crippen LogP contribution in [-0.2, 0) is 22.4 Å². The number of ether oxygens (including phenoxy) is 1. The maximum atomic E-state index is 12.4. The molecule has 0 unspecified atom stereocenters. The molecule has 32 heavy (non-hydrogen) atoms. The first-order valence-corrected chi connectivity index (χ1v) is 11.4. The Balaban J connectivity index is 1.37. The van der Waals surface area contributed by atoms with Crippen molar-refractivity contribution in [3.8, 4) is 0 Å². The summed E-state index contributed by atoms with van der Waals surface area (Å²) in [5.41, 5.74) is 2.13. The van der Waals surface area contributed by atoms with Crippen molar-refractivity contribution in [2.24, 2.45) is 0 Å². The topological polar surface area (TPSA) is 105 Å². The molecule has 2 aromatic rings. The van der Waals surface area contributed by atoms with E-state index in [4.69, 9.17) is 17.0 Å².